The first kappa shape index (κ1) is 20.6. The van der Waals surface area contributed by atoms with Crippen molar-refractivity contribution in [3.8, 4) is 11.4 Å². The van der Waals surface area contributed by atoms with Crippen LogP contribution < -0.4 is 15.4 Å². The minimum Gasteiger partial charge on any atom is -0.497 e. The number of carbonyl (C=O) groups excluding carboxylic acids is 2. The van der Waals surface area contributed by atoms with Gasteiger partial charge in [0.15, 0.2) is 0 Å². The third-order valence-electron chi connectivity index (χ3n) is 4.19. The number of hydrogen-bond donors (Lipinski definition) is 2. The molecule has 0 aliphatic rings. The van der Waals surface area contributed by atoms with Crippen molar-refractivity contribution in [2.45, 2.75) is 13.0 Å². The fourth-order valence-electron chi connectivity index (χ4n) is 2.61. The molecule has 3 rings (SSSR count). The Morgan fingerprint density at radius 2 is 1.76 bits per heavy atom. The number of ether oxygens (including phenoxy) is 1. The number of rotatable bonds is 8. The molecule has 0 radical (unpaired) electrons. The molecule has 3 aromatic rings. The molecule has 2 N–H and O–H groups in total. The lowest BCUT2D eigenvalue weighted by atomic mass is 10.2. The van der Waals surface area contributed by atoms with Crippen LogP contribution in [0.5, 0.6) is 5.75 Å². The molecule has 1 heterocycles. The van der Waals surface area contributed by atoms with Crippen molar-refractivity contribution in [1.29, 1.82) is 0 Å². The van der Waals surface area contributed by atoms with Gasteiger partial charge in [-0.05, 0) is 54.6 Å². The molecule has 2 amide bonds. The van der Waals surface area contributed by atoms with Crippen molar-refractivity contribution in [3.05, 3.63) is 76.5 Å². The predicted molar refractivity (Wildman–Crippen MR) is 113 cm³/mol. The fourth-order valence-corrected chi connectivity index (χ4v) is 2.87. The zero-order chi connectivity index (χ0) is 20.6. The highest BCUT2D eigenvalue weighted by atomic mass is 79.9. The molecule has 0 unspecified atom stereocenters. The Morgan fingerprint density at radius 1 is 1.03 bits per heavy atom. The third-order valence-corrected chi connectivity index (χ3v) is 4.72. The Balaban J connectivity index is 1.42. The molecule has 0 saturated carbocycles. The highest BCUT2D eigenvalue weighted by molar-refractivity contribution is 9.10. The Kier molecular flexibility index (Phi) is 7.02. The number of methoxy groups -OCH3 is 1. The number of amides is 2. The molecule has 0 aliphatic heterocycles. The predicted octanol–water partition coefficient (Wildman–Crippen LogP) is 3.08. The van der Waals surface area contributed by atoms with Gasteiger partial charge in [0.25, 0.3) is 5.91 Å². The molecule has 0 saturated heterocycles. The maximum Gasteiger partial charge on any atom is 0.251 e. The van der Waals surface area contributed by atoms with Crippen LogP contribution in [0.2, 0.25) is 0 Å². The average Bonchev–Trinajstić information content (AvgIpc) is 3.22. The lowest BCUT2D eigenvalue weighted by molar-refractivity contribution is -0.121. The molecule has 0 aliphatic carbocycles. The fraction of sp³-hybridized carbons (Fsp3) is 0.190. The number of nitrogens with zero attached hydrogens (tertiary/aromatic N) is 2. The summed E-state index contributed by atoms with van der Waals surface area (Å²) in [7, 11) is 1.62. The van der Waals surface area contributed by atoms with Crippen LogP contribution in [0.15, 0.2) is 65.3 Å². The number of nitrogens with one attached hydrogen (secondary N) is 2. The first-order valence-corrected chi connectivity index (χ1v) is 9.84. The largest absolute Gasteiger partial charge is 0.497 e. The van der Waals surface area contributed by atoms with Crippen LogP contribution in [0.4, 0.5) is 0 Å². The van der Waals surface area contributed by atoms with E-state index in [2.05, 4.69) is 31.7 Å². The van der Waals surface area contributed by atoms with Gasteiger partial charge in [0.05, 0.1) is 25.0 Å². The molecule has 2 aromatic carbocycles. The molecule has 0 spiro atoms. The van der Waals surface area contributed by atoms with Gasteiger partial charge in [-0.2, -0.15) is 5.10 Å². The van der Waals surface area contributed by atoms with Gasteiger partial charge in [-0.25, -0.2) is 4.68 Å². The Bertz CT molecular complexity index is 968. The molecular weight excluding hydrogens is 436 g/mol. The minimum atomic E-state index is -0.205. The first-order chi connectivity index (χ1) is 14.0. The normalized spacial score (nSPS) is 10.4. The van der Waals surface area contributed by atoms with E-state index in [4.69, 9.17) is 4.74 Å². The zero-order valence-corrected chi connectivity index (χ0v) is 17.5. The van der Waals surface area contributed by atoms with Gasteiger partial charge in [-0.3, -0.25) is 9.59 Å². The molecular formula is C21H21BrN4O3. The van der Waals surface area contributed by atoms with E-state index in [1.165, 1.54) is 0 Å². The van der Waals surface area contributed by atoms with Crippen molar-refractivity contribution in [1.82, 2.24) is 20.4 Å². The van der Waals surface area contributed by atoms with E-state index in [1.807, 2.05) is 36.5 Å². The van der Waals surface area contributed by atoms with E-state index in [-0.39, 0.29) is 24.8 Å². The monoisotopic (exact) mass is 456 g/mol. The van der Waals surface area contributed by atoms with Crippen LogP contribution in [0.1, 0.15) is 22.5 Å². The summed E-state index contributed by atoms with van der Waals surface area (Å²) in [6.45, 7) is 0.587. The van der Waals surface area contributed by atoms with Crippen molar-refractivity contribution in [3.63, 3.8) is 0 Å². The van der Waals surface area contributed by atoms with E-state index in [9.17, 15) is 9.59 Å². The highest BCUT2D eigenvalue weighted by Crippen LogP contribution is 2.14. The molecule has 0 bridgehead atoms. The van der Waals surface area contributed by atoms with Crippen LogP contribution in [0.25, 0.3) is 5.69 Å². The molecule has 0 fully saturated rings. The van der Waals surface area contributed by atoms with Crippen molar-refractivity contribution >= 4 is 27.7 Å². The van der Waals surface area contributed by atoms with E-state index in [0.29, 0.717) is 12.1 Å². The SMILES string of the molecule is COc1ccc(-n2ccc(CNC(=O)CCNC(=O)c3ccc(Br)cc3)n2)cc1. The van der Waals surface area contributed by atoms with E-state index >= 15 is 0 Å². The highest BCUT2D eigenvalue weighted by Gasteiger charge is 2.08. The summed E-state index contributed by atoms with van der Waals surface area (Å²) in [4.78, 5) is 24.0. The summed E-state index contributed by atoms with van der Waals surface area (Å²) in [6.07, 6.45) is 2.03. The molecule has 7 nitrogen and oxygen atoms in total. The van der Waals surface area contributed by atoms with Crippen LogP contribution in [-0.2, 0) is 11.3 Å². The lowest BCUT2D eigenvalue weighted by Crippen LogP contribution is -2.30. The van der Waals surface area contributed by atoms with Gasteiger partial charge < -0.3 is 15.4 Å². The summed E-state index contributed by atoms with van der Waals surface area (Å²) in [5.74, 6) is 0.421. The van der Waals surface area contributed by atoms with E-state index in [0.717, 1.165) is 21.6 Å². The van der Waals surface area contributed by atoms with Gasteiger partial charge in [0.1, 0.15) is 5.75 Å². The Hall–Kier alpha value is -3.13. The van der Waals surface area contributed by atoms with Crippen LogP contribution in [0.3, 0.4) is 0 Å². The second-order valence-corrected chi connectivity index (χ2v) is 7.15. The van der Waals surface area contributed by atoms with Crippen LogP contribution in [-0.4, -0.2) is 35.2 Å². The molecule has 8 heteroatoms. The summed E-state index contributed by atoms with van der Waals surface area (Å²) in [5.41, 5.74) is 2.20. The average molecular weight is 457 g/mol. The van der Waals surface area contributed by atoms with Crippen molar-refractivity contribution in [2.24, 2.45) is 0 Å². The lowest BCUT2D eigenvalue weighted by Gasteiger charge is -2.06. The van der Waals surface area contributed by atoms with Crippen molar-refractivity contribution in [2.75, 3.05) is 13.7 Å². The molecule has 29 heavy (non-hydrogen) atoms. The second kappa shape index (κ2) is 9.88. The van der Waals surface area contributed by atoms with Crippen molar-refractivity contribution < 1.29 is 14.3 Å². The summed E-state index contributed by atoms with van der Waals surface area (Å²) >= 11 is 3.33. The standard InChI is InChI=1S/C21H21BrN4O3/c1-29-19-8-6-18(7-9-19)26-13-11-17(25-26)14-24-20(27)10-12-23-21(28)15-2-4-16(22)5-3-15/h2-9,11,13H,10,12,14H2,1H3,(H,23,28)(H,24,27). The van der Waals surface area contributed by atoms with Gasteiger partial charge in [-0.1, -0.05) is 15.9 Å². The number of hydrogen-bond acceptors (Lipinski definition) is 4. The van der Waals surface area contributed by atoms with Crippen LogP contribution >= 0.6 is 15.9 Å². The number of aromatic nitrogens is 2. The van der Waals surface area contributed by atoms with Gasteiger partial charge in [0, 0.05) is 29.2 Å². The van der Waals surface area contributed by atoms with Gasteiger partial charge in [0.2, 0.25) is 5.91 Å². The zero-order valence-electron chi connectivity index (χ0n) is 15.9. The molecule has 150 valence electrons. The summed E-state index contributed by atoms with van der Waals surface area (Å²) < 4.78 is 7.79. The van der Waals surface area contributed by atoms with Gasteiger partial charge in [-0.15, -0.1) is 0 Å². The quantitative estimate of drug-likeness (QED) is 0.545. The van der Waals surface area contributed by atoms with Gasteiger partial charge >= 0.3 is 0 Å². The molecule has 0 atom stereocenters. The smallest absolute Gasteiger partial charge is 0.251 e. The second-order valence-electron chi connectivity index (χ2n) is 6.24. The topological polar surface area (TPSA) is 85.2 Å². The maximum absolute atomic E-state index is 12.0. The summed E-state index contributed by atoms with van der Waals surface area (Å²) in [6, 6.07) is 16.4. The number of carbonyl (C=O) groups is 2. The van der Waals surface area contributed by atoms with E-state index < -0.39 is 0 Å². The minimum absolute atomic E-state index is 0.153. The maximum atomic E-state index is 12.0. The Labute approximate surface area is 177 Å². The Morgan fingerprint density at radius 3 is 2.45 bits per heavy atom. The van der Waals surface area contributed by atoms with E-state index in [1.54, 1.807) is 36.1 Å². The first-order valence-electron chi connectivity index (χ1n) is 9.04. The third kappa shape index (κ3) is 5.92. The van der Waals surface area contributed by atoms with Crippen LogP contribution in [0, 0.1) is 0 Å². The summed E-state index contributed by atoms with van der Waals surface area (Å²) in [5, 5.41) is 10.00. The number of halogens is 1. The number of benzene rings is 2. The molecule has 1 aromatic heterocycles.